The molecule has 4 rings (SSSR count). The molecule has 1 aliphatic rings. The van der Waals surface area contributed by atoms with E-state index in [9.17, 15) is 18.0 Å². The summed E-state index contributed by atoms with van der Waals surface area (Å²) < 4.78 is 34.7. The van der Waals surface area contributed by atoms with Crippen LogP contribution in [0, 0.1) is 6.92 Å². The summed E-state index contributed by atoms with van der Waals surface area (Å²) in [6, 6.07) is 21.9. The molecule has 6 nitrogen and oxygen atoms in total. The molecule has 0 aromatic heterocycles. The molecule has 0 saturated heterocycles. The lowest BCUT2D eigenvalue weighted by Crippen LogP contribution is -2.37. The largest absolute Gasteiger partial charge is 0.465 e. The minimum Gasteiger partial charge on any atom is -0.465 e. The zero-order valence-corrected chi connectivity index (χ0v) is 21.5. The van der Waals surface area contributed by atoms with Gasteiger partial charge in [-0.25, -0.2) is 13.2 Å². The van der Waals surface area contributed by atoms with Crippen molar-refractivity contribution in [2.24, 2.45) is 0 Å². The van der Waals surface area contributed by atoms with Gasteiger partial charge in [-0.15, -0.1) is 0 Å². The quantitative estimate of drug-likeness (QED) is 0.312. The fourth-order valence-corrected chi connectivity index (χ4v) is 5.54. The number of hydrogen-bond donors (Lipinski definition) is 0. The van der Waals surface area contributed by atoms with Crippen LogP contribution >= 0.6 is 15.9 Å². The van der Waals surface area contributed by atoms with E-state index < -0.39 is 16.0 Å². The van der Waals surface area contributed by atoms with Crippen LogP contribution in [0.5, 0.6) is 0 Å². The minimum absolute atomic E-state index is 0.0176. The summed E-state index contributed by atoms with van der Waals surface area (Å²) in [5.41, 5.74) is 2.08. The monoisotopic (exact) mass is 551 g/mol. The van der Waals surface area contributed by atoms with Crippen LogP contribution < -0.4 is 0 Å². The molecule has 0 radical (unpaired) electrons. The van der Waals surface area contributed by atoms with Crippen LogP contribution in [0.15, 0.2) is 105 Å². The Kier molecular flexibility index (Phi) is 7.05. The van der Waals surface area contributed by atoms with Crippen LogP contribution in [0.3, 0.4) is 0 Å². The van der Waals surface area contributed by atoms with Crippen molar-refractivity contribution in [2.45, 2.75) is 11.8 Å². The second-order valence-corrected chi connectivity index (χ2v) is 10.7. The van der Waals surface area contributed by atoms with E-state index in [-0.39, 0.29) is 34.1 Å². The fourth-order valence-electron chi connectivity index (χ4n) is 3.78. The van der Waals surface area contributed by atoms with Gasteiger partial charge < -0.3 is 4.74 Å². The normalized spacial score (nSPS) is 13.9. The van der Waals surface area contributed by atoms with E-state index in [0.29, 0.717) is 11.1 Å². The molecule has 35 heavy (non-hydrogen) atoms. The van der Waals surface area contributed by atoms with Crippen LogP contribution in [-0.2, 0) is 19.6 Å². The summed E-state index contributed by atoms with van der Waals surface area (Å²) in [6.07, 6.45) is 1.43. The van der Waals surface area contributed by atoms with Crippen molar-refractivity contribution in [3.05, 3.63) is 117 Å². The van der Waals surface area contributed by atoms with Crippen LogP contribution in [0.2, 0.25) is 0 Å². The fraction of sp³-hybridized carbons (Fsp3) is 0.111. The maximum Gasteiger partial charge on any atom is 0.340 e. The Morgan fingerprint density at radius 3 is 2.14 bits per heavy atom. The third-order valence-corrected chi connectivity index (χ3v) is 7.89. The van der Waals surface area contributed by atoms with Gasteiger partial charge in [0.2, 0.25) is 0 Å². The highest BCUT2D eigenvalue weighted by atomic mass is 79.9. The number of hydrogen-bond acceptors (Lipinski definition) is 5. The second kappa shape index (κ2) is 10.0. The van der Waals surface area contributed by atoms with Gasteiger partial charge in [-0.2, -0.15) is 0 Å². The Labute approximate surface area is 212 Å². The first-order valence-corrected chi connectivity index (χ1v) is 12.9. The lowest BCUT2D eigenvalue weighted by Gasteiger charge is -2.32. The topological polar surface area (TPSA) is 80.8 Å². The van der Waals surface area contributed by atoms with Crippen molar-refractivity contribution in [3.8, 4) is 0 Å². The highest BCUT2D eigenvalue weighted by Gasteiger charge is 2.36. The molecule has 0 bridgehead atoms. The van der Waals surface area contributed by atoms with Gasteiger partial charge in [0.05, 0.1) is 29.8 Å². The lowest BCUT2D eigenvalue weighted by atomic mass is 9.95. The summed E-state index contributed by atoms with van der Waals surface area (Å²) in [6.45, 7) is 1.62. The number of sulfonamides is 1. The Bertz CT molecular complexity index is 1440. The van der Waals surface area contributed by atoms with Crippen LogP contribution in [0.4, 0.5) is 0 Å². The van der Waals surface area contributed by atoms with Gasteiger partial charge in [-0.1, -0.05) is 76.1 Å². The first-order chi connectivity index (χ1) is 16.7. The standard InChI is InChI=1S/C27H22BrNO5S/c1-18-8-14-23(15-9-18)35(32,33)29-17-21(26(30)20-6-4-3-5-7-20)16-24(27(31)34-2)25(29)19-10-12-22(28)13-11-19/h3-16H,17H2,1-2H3. The first-order valence-electron chi connectivity index (χ1n) is 10.7. The number of rotatable bonds is 6. The van der Waals surface area contributed by atoms with Crippen LogP contribution in [0.25, 0.3) is 5.70 Å². The van der Waals surface area contributed by atoms with Crippen molar-refractivity contribution in [2.75, 3.05) is 13.7 Å². The number of halogens is 1. The number of Topliss-reactive ketones (excluding diaryl/α,β-unsaturated/α-hetero) is 1. The predicted molar refractivity (Wildman–Crippen MR) is 137 cm³/mol. The number of nitrogens with zero attached hydrogens (tertiary/aromatic N) is 1. The van der Waals surface area contributed by atoms with Gasteiger partial charge in [-0.3, -0.25) is 9.10 Å². The highest BCUT2D eigenvalue weighted by Crippen LogP contribution is 2.36. The molecule has 1 aliphatic heterocycles. The Hall–Kier alpha value is -3.49. The molecule has 0 N–H and O–H groups in total. The van der Waals surface area contributed by atoms with E-state index in [1.807, 2.05) is 6.92 Å². The number of carbonyl (C=O) groups excluding carboxylic acids is 2. The summed E-state index contributed by atoms with van der Waals surface area (Å²) >= 11 is 3.38. The van der Waals surface area contributed by atoms with Gasteiger partial charge in [0, 0.05) is 15.6 Å². The zero-order valence-electron chi connectivity index (χ0n) is 19.1. The molecule has 3 aromatic carbocycles. The second-order valence-electron chi connectivity index (χ2n) is 7.95. The van der Waals surface area contributed by atoms with Gasteiger partial charge in [-0.05, 0) is 42.8 Å². The molecule has 3 aromatic rings. The molecule has 0 atom stereocenters. The smallest absolute Gasteiger partial charge is 0.340 e. The Morgan fingerprint density at radius 2 is 1.54 bits per heavy atom. The number of aryl methyl sites for hydroxylation is 1. The van der Waals surface area contributed by atoms with Crippen LogP contribution in [0.1, 0.15) is 21.5 Å². The summed E-state index contributed by atoms with van der Waals surface area (Å²) in [4.78, 5) is 26.3. The molecule has 0 amide bonds. The molecule has 0 unspecified atom stereocenters. The predicted octanol–water partition coefficient (Wildman–Crippen LogP) is 5.16. The van der Waals surface area contributed by atoms with Gasteiger partial charge in [0.1, 0.15) is 0 Å². The minimum atomic E-state index is -4.15. The molecule has 0 fully saturated rings. The Balaban J connectivity index is 1.96. The molecule has 0 spiro atoms. The molecule has 0 aliphatic carbocycles. The summed E-state index contributed by atoms with van der Waals surface area (Å²) in [7, 11) is -2.93. The van der Waals surface area contributed by atoms with Gasteiger partial charge in [0.25, 0.3) is 10.0 Å². The van der Waals surface area contributed by atoms with Gasteiger partial charge in [0.15, 0.2) is 5.78 Å². The molecular weight excluding hydrogens is 530 g/mol. The highest BCUT2D eigenvalue weighted by molar-refractivity contribution is 9.10. The lowest BCUT2D eigenvalue weighted by molar-refractivity contribution is -0.135. The maximum absolute atomic E-state index is 13.9. The molecule has 8 heteroatoms. The number of ketones is 1. The number of benzene rings is 3. The summed E-state index contributed by atoms with van der Waals surface area (Å²) in [5, 5.41) is 0. The number of carbonyl (C=O) groups is 2. The molecule has 0 saturated carbocycles. The van der Waals surface area contributed by atoms with Crippen molar-refractivity contribution >= 4 is 43.4 Å². The number of esters is 1. The van der Waals surface area contributed by atoms with E-state index in [2.05, 4.69) is 15.9 Å². The van der Waals surface area contributed by atoms with Crippen molar-refractivity contribution in [3.63, 3.8) is 0 Å². The number of ether oxygens (including phenoxy) is 1. The number of methoxy groups -OCH3 is 1. The Morgan fingerprint density at radius 1 is 0.914 bits per heavy atom. The summed E-state index contributed by atoms with van der Waals surface area (Å²) in [5.74, 6) is -1.11. The molecule has 178 valence electrons. The third-order valence-electron chi connectivity index (χ3n) is 5.60. The van der Waals surface area contributed by atoms with E-state index in [4.69, 9.17) is 4.74 Å². The average molecular weight is 552 g/mol. The maximum atomic E-state index is 13.9. The third kappa shape index (κ3) is 4.99. The van der Waals surface area contributed by atoms with E-state index in [1.54, 1.807) is 66.7 Å². The molecular formula is C27H22BrNO5S. The molecule has 1 heterocycles. The average Bonchev–Trinajstić information content (AvgIpc) is 2.88. The van der Waals surface area contributed by atoms with Crippen molar-refractivity contribution < 1.29 is 22.7 Å². The van der Waals surface area contributed by atoms with Crippen LogP contribution in [-0.4, -0.2) is 38.1 Å². The van der Waals surface area contributed by atoms with Crippen molar-refractivity contribution in [1.29, 1.82) is 0 Å². The van der Waals surface area contributed by atoms with E-state index in [0.717, 1.165) is 14.3 Å². The SMILES string of the molecule is COC(=O)C1=C(c2ccc(Br)cc2)N(S(=O)(=O)c2ccc(C)cc2)CC(C(=O)c2ccccc2)=C1. The van der Waals surface area contributed by atoms with E-state index >= 15 is 0 Å². The zero-order chi connectivity index (χ0) is 25.2. The van der Waals surface area contributed by atoms with Gasteiger partial charge >= 0.3 is 5.97 Å². The first kappa shape index (κ1) is 24.6. The van der Waals surface area contributed by atoms with Crippen molar-refractivity contribution in [1.82, 2.24) is 4.31 Å². The van der Waals surface area contributed by atoms with E-state index in [1.165, 1.54) is 25.3 Å².